The molecule has 0 aromatic heterocycles. The van der Waals surface area contributed by atoms with Crippen molar-refractivity contribution in [3.8, 4) is 0 Å². The molecule has 0 fully saturated rings. The molecule has 0 N–H and O–H groups in total. The fourth-order valence-corrected chi connectivity index (χ4v) is 0.590. The van der Waals surface area contributed by atoms with Crippen molar-refractivity contribution in [1.29, 1.82) is 0 Å². The maximum absolute atomic E-state index is 11.4. The van der Waals surface area contributed by atoms with Gasteiger partial charge in [-0.05, 0) is 20.8 Å². The number of carbonyl (C=O) groups is 3. The summed E-state index contributed by atoms with van der Waals surface area (Å²) in [5.74, 6) is -2.47. The molecule has 0 saturated heterocycles. The van der Waals surface area contributed by atoms with Crippen LogP contribution in [-0.2, 0) is 39.2 Å². The van der Waals surface area contributed by atoms with Gasteiger partial charge in [-0.25, -0.2) is 4.79 Å². The van der Waals surface area contributed by atoms with Gasteiger partial charge in [0, 0.05) is 25.5 Å². The van der Waals surface area contributed by atoms with E-state index in [4.69, 9.17) is 0 Å². The Morgan fingerprint density at radius 1 is 0.812 bits per heavy atom. The van der Waals surface area contributed by atoms with Gasteiger partial charge in [-0.3, -0.25) is 9.59 Å². The third kappa shape index (κ3) is 5.52. The Hall–Kier alpha value is -0.541. The number of carbonyl (C=O) groups excluding carboxylic acids is 3. The van der Waals surface area contributed by atoms with Gasteiger partial charge in [-0.15, -0.1) is 0 Å². The molecule has 4 nitrogen and oxygen atoms in total. The normalized spacial score (nSPS) is 11.4. The second-order valence-electron chi connectivity index (χ2n) is 5.51. The summed E-state index contributed by atoms with van der Waals surface area (Å²) >= 11 is 0. The summed E-state index contributed by atoms with van der Waals surface area (Å²) in [5, 5.41) is 0. The van der Waals surface area contributed by atoms with Gasteiger partial charge in [0.05, 0.1) is 5.41 Å². The van der Waals surface area contributed by atoms with Crippen LogP contribution in [0.1, 0.15) is 41.5 Å². The zero-order chi connectivity index (χ0) is 12.4. The van der Waals surface area contributed by atoms with E-state index in [2.05, 4.69) is 4.74 Å². The maximum atomic E-state index is 11.4. The Labute approximate surface area is 109 Å². The molecule has 0 bridgehead atoms. The van der Waals surface area contributed by atoms with Gasteiger partial charge < -0.3 is 4.74 Å². The predicted octanol–water partition coefficient (Wildman–Crippen LogP) is 1.71. The van der Waals surface area contributed by atoms with Gasteiger partial charge in [0.25, 0.3) is 0 Å². The molecule has 0 saturated carbocycles. The fourth-order valence-electron chi connectivity index (χ4n) is 0.590. The van der Waals surface area contributed by atoms with Gasteiger partial charge in [-0.2, -0.15) is 0 Å². The molecule has 0 aliphatic carbocycles. The number of esters is 2. The Bertz CT molecular complexity index is 294. The quantitative estimate of drug-likeness (QED) is 0.378. The van der Waals surface area contributed by atoms with E-state index in [0.717, 1.165) is 0 Å². The molecule has 0 atom stereocenters. The van der Waals surface area contributed by atoms with Gasteiger partial charge in [-0.1, -0.05) is 20.8 Å². The summed E-state index contributed by atoms with van der Waals surface area (Å²) in [6, 6.07) is 0. The maximum Gasteiger partial charge on any atom is 0.382 e. The van der Waals surface area contributed by atoms with E-state index in [1.54, 1.807) is 41.5 Å². The minimum atomic E-state index is -1.08. The van der Waals surface area contributed by atoms with Crippen LogP contribution in [0, 0.1) is 10.8 Å². The smallest absolute Gasteiger partial charge is 0.382 e. The molecule has 0 aliphatic rings. The van der Waals surface area contributed by atoms with Gasteiger partial charge in [0.1, 0.15) is 0 Å². The van der Waals surface area contributed by atoms with Gasteiger partial charge in [0.15, 0.2) is 0 Å². The average Bonchev–Trinajstić information content (AvgIpc) is 1.99. The monoisotopic (exact) mass is 407 g/mol. The molecule has 0 spiro atoms. The molecule has 5 heteroatoms. The molecular weight excluding hydrogens is 388 g/mol. The van der Waals surface area contributed by atoms with Crippen LogP contribution in [-0.4, -0.2) is 17.7 Å². The van der Waals surface area contributed by atoms with E-state index in [-0.39, 0.29) is 20.1 Å². The molecule has 0 amide bonds. The van der Waals surface area contributed by atoms with Crippen molar-refractivity contribution in [3.63, 3.8) is 0 Å². The average molecular weight is 406 g/mol. The molecule has 16 heavy (non-hydrogen) atoms. The SMILES string of the molecule is CC(C)(C)C(=O)OC(=O)C(=O)C(C)(C)C.[Ir]. The summed E-state index contributed by atoms with van der Waals surface area (Å²) in [6.07, 6.45) is 0. The van der Waals surface area contributed by atoms with Crippen molar-refractivity contribution in [1.82, 2.24) is 0 Å². The number of hydrogen-bond donors (Lipinski definition) is 0. The Morgan fingerprint density at radius 3 is 1.44 bits per heavy atom. The zero-order valence-corrected chi connectivity index (χ0v) is 12.9. The van der Waals surface area contributed by atoms with Crippen LogP contribution in [0.25, 0.3) is 0 Å². The standard InChI is InChI=1S/C11H18O4.Ir/c1-10(2,3)7(12)8(13)15-9(14)11(4,5)6;/h1-6H3;. The first-order valence-corrected chi connectivity index (χ1v) is 4.77. The van der Waals surface area contributed by atoms with Crippen molar-refractivity contribution >= 4 is 17.7 Å². The predicted molar refractivity (Wildman–Crippen MR) is 55.0 cm³/mol. The van der Waals surface area contributed by atoms with E-state index in [1.165, 1.54) is 0 Å². The van der Waals surface area contributed by atoms with Crippen molar-refractivity contribution in [2.24, 2.45) is 10.8 Å². The van der Waals surface area contributed by atoms with E-state index < -0.39 is 28.6 Å². The largest absolute Gasteiger partial charge is 0.387 e. The second kappa shape index (κ2) is 5.69. The Kier molecular flexibility index (Phi) is 6.34. The Balaban J connectivity index is 0. The van der Waals surface area contributed by atoms with E-state index >= 15 is 0 Å². The van der Waals surface area contributed by atoms with Crippen LogP contribution in [0.3, 0.4) is 0 Å². The van der Waals surface area contributed by atoms with Crippen LogP contribution in [0.2, 0.25) is 0 Å². The third-order valence-electron chi connectivity index (χ3n) is 1.66. The first-order chi connectivity index (χ1) is 6.46. The topological polar surface area (TPSA) is 60.4 Å². The third-order valence-corrected chi connectivity index (χ3v) is 1.66. The van der Waals surface area contributed by atoms with Crippen LogP contribution >= 0.6 is 0 Å². The van der Waals surface area contributed by atoms with Gasteiger partial charge >= 0.3 is 11.9 Å². The molecule has 0 unspecified atom stereocenters. The number of rotatable bonds is 1. The number of ketones is 1. The van der Waals surface area contributed by atoms with Crippen molar-refractivity contribution < 1.29 is 39.2 Å². The Morgan fingerprint density at radius 2 is 1.19 bits per heavy atom. The van der Waals surface area contributed by atoms with Crippen LogP contribution in [0.5, 0.6) is 0 Å². The van der Waals surface area contributed by atoms with Crippen LogP contribution < -0.4 is 0 Å². The van der Waals surface area contributed by atoms with E-state index in [9.17, 15) is 14.4 Å². The molecule has 0 heterocycles. The summed E-state index contributed by atoms with van der Waals surface area (Å²) in [7, 11) is 0. The summed E-state index contributed by atoms with van der Waals surface area (Å²) in [4.78, 5) is 34.0. The minimum absolute atomic E-state index is 0. The number of ether oxygens (including phenoxy) is 1. The molecule has 1 radical (unpaired) electrons. The van der Waals surface area contributed by atoms with Crippen molar-refractivity contribution in [3.05, 3.63) is 0 Å². The first-order valence-electron chi connectivity index (χ1n) is 4.77. The number of Topliss-reactive ketones (excluding diaryl/α,β-unsaturated/α-hetero) is 1. The fraction of sp³-hybridized carbons (Fsp3) is 0.727. The molecule has 0 aromatic rings. The minimum Gasteiger partial charge on any atom is -0.387 e. The molecule has 0 rings (SSSR count). The van der Waals surface area contributed by atoms with Crippen LogP contribution in [0.4, 0.5) is 0 Å². The summed E-state index contributed by atoms with van der Waals surface area (Å²) in [6.45, 7) is 9.63. The molecule has 95 valence electrons. The molecule has 0 aliphatic heterocycles. The zero-order valence-electron chi connectivity index (χ0n) is 10.5. The summed E-state index contributed by atoms with van der Waals surface area (Å²) in [5.41, 5.74) is -1.61. The first kappa shape index (κ1) is 17.8. The molecular formula is C11H18IrO4. The van der Waals surface area contributed by atoms with Crippen LogP contribution in [0.15, 0.2) is 0 Å². The number of hydrogen-bond acceptors (Lipinski definition) is 4. The van der Waals surface area contributed by atoms with E-state index in [0.29, 0.717) is 0 Å². The van der Waals surface area contributed by atoms with Gasteiger partial charge in [0.2, 0.25) is 5.78 Å². The van der Waals surface area contributed by atoms with Crippen molar-refractivity contribution in [2.75, 3.05) is 0 Å². The summed E-state index contributed by atoms with van der Waals surface area (Å²) < 4.78 is 4.48. The van der Waals surface area contributed by atoms with E-state index in [1.807, 2.05) is 0 Å². The van der Waals surface area contributed by atoms with Crippen molar-refractivity contribution in [2.45, 2.75) is 41.5 Å². The molecule has 0 aromatic carbocycles. The second-order valence-corrected chi connectivity index (χ2v) is 5.51.